The summed E-state index contributed by atoms with van der Waals surface area (Å²) in [4.78, 5) is 13.3. The van der Waals surface area contributed by atoms with Gasteiger partial charge in [-0.3, -0.25) is 4.79 Å². The Hall–Kier alpha value is -3.53. The number of hydrogen-bond acceptors (Lipinski definition) is 3. The van der Waals surface area contributed by atoms with E-state index in [9.17, 15) is 9.90 Å². The molecule has 0 fully saturated rings. The fourth-order valence-electron chi connectivity index (χ4n) is 4.92. The maximum atomic E-state index is 13.3. The summed E-state index contributed by atoms with van der Waals surface area (Å²) in [6, 6.07) is 23.4. The number of carbonyl (C=O) groups is 1. The largest absolute Gasteiger partial charge is 0.508 e. The van der Waals surface area contributed by atoms with Crippen LogP contribution in [0.25, 0.3) is 0 Å². The predicted molar refractivity (Wildman–Crippen MR) is 123 cm³/mol. The minimum atomic E-state index is -0.0832. The van der Waals surface area contributed by atoms with Crippen LogP contribution < -0.4 is 10.6 Å². The second kappa shape index (κ2) is 7.95. The third kappa shape index (κ3) is 3.59. The van der Waals surface area contributed by atoms with E-state index < -0.39 is 0 Å². The van der Waals surface area contributed by atoms with E-state index >= 15 is 0 Å². The van der Waals surface area contributed by atoms with E-state index in [-0.39, 0.29) is 29.7 Å². The van der Waals surface area contributed by atoms with Gasteiger partial charge in [0.05, 0.1) is 23.3 Å². The smallest absolute Gasteiger partial charge is 0.253 e. The van der Waals surface area contributed by atoms with E-state index in [1.54, 1.807) is 12.1 Å². The molecule has 31 heavy (non-hydrogen) atoms. The Morgan fingerprint density at radius 2 is 1.81 bits per heavy atom. The van der Waals surface area contributed by atoms with Gasteiger partial charge >= 0.3 is 0 Å². The van der Waals surface area contributed by atoms with Crippen LogP contribution in [0.3, 0.4) is 0 Å². The summed E-state index contributed by atoms with van der Waals surface area (Å²) in [6.45, 7) is 2.00. The number of carbonyl (C=O) groups excluding carboxylic acids is 1. The Bertz CT molecular complexity index is 1120. The molecule has 0 bridgehead atoms. The molecule has 3 aromatic rings. The first-order chi connectivity index (χ1) is 15.1. The average Bonchev–Trinajstić information content (AvgIpc) is 3.29. The molecule has 4 heteroatoms. The van der Waals surface area contributed by atoms with E-state index in [1.165, 1.54) is 5.56 Å². The molecule has 4 nitrogen and oxygen atoms in total. The van der Waals surface area contributed by atoms with Gasteiger partial charge in [0.1, 0.15) is 5.75 Å². The summed E-state index contributed by atoms with van der Waals surface area (Å²) >= 11 is 0. The number of anilines is 1. The molecule has 0 aromatic heterocycles. The zero-order valence-corrected chi connectivity index (χ0v) is 17.5. The lowest BCUT2D eigenvalue weighted by atomic mass is 9.76. The van der Waals surface area contributed by atoms with Gasteiger partial charge in [0, 0.05) is 5.92 Å². The number of nitrogens with one attached hydrogen (secondary N) is 2. The summed E-state index contributed by atoms with van der Waals surface area (Å²) in [7, 11) is 0. The van der Waals surface area contributed by atoms with Gasteiger partial charge in [0.2, 0.25) is 0 Å². The highest BCUT2D eigenvalue weighted by atomic mass is 16.3. The third-order valence-corrected chi connectivity index (χ3v) is 6.54. The predicted octanol–water partition coefficient (Wildman–Crippen LogP) is 5.71. The van der Waals surface area contributed by atoms with Gasteiger partial charge in [-0.15, -0.1) is 0 Å². The van der Waals surface area contributed by atoms with E-state index in [0.717, 1.165) is 23.2 Å². The Labute approximate surface area is 182 Å². The number of amides is 1. The molecule has 1 amide bonds. The summed E-state index contributed by atoms with van der Waals surface area (Å²) in [6.07, 6.45) is 5.50. The number of phenols is 1. The second-order valence-corrected chi connectivity index (χ2v) is 8.44. The molecule has 1 aliphatic carbocycles. The van der Waals surface area contributed by atoms with Gasteiger partial charge < -0.3 is 15.7 Å². The van der Waals surface area contributed by atoms with Crippen LogP contribution in [0.5, 0.6) is 5.75 Å². The molecule has 0 radical (unpaired) electrons. The molecule has 3 aromatic carbocycles. The van der Waals surface area contributed by atoms with Crippen molar-refractivity contribution in [3.8, 4) is 5.75 Å². The van der Waals surface area contributed by atoms with Gasteiger partial charge in [0.25, 0.3) is 5.91 Å². The first-order valence-electron chi connectivity index (χ1n) is 10.8. The Morgan fingerprint density at radius 1 is 1.03 bits per heavy atom. The monoisotopic (exact) mass is 410 g/mol. The maximum Gasteiger partial charge on any atom is 0.253 e. The third-order valence-electron chi connectivity index (χ3n) is 6.54. The zero-order chi connectivity index (χ0) is 21.4. The lowest BCUT2D eigenvalue weighted by Crippen LogP contribution is -2.32. The summed E-state index contributed by atoms with van der Waals surface area (Å²) < 4.78 is 0. The Balaban J connectivity index is 1.48. The molecule has 1 heterocycles. The quantitative estimate of drug-likeness (QED) is 0.483. The fraction of sp³-hybridized carbons (Fsp3) is 0.222. The van der Waals surface area contributed by atoms with Crippen molar-refractivity contribution in [1.29, 1.82) is 0 Å². The lowest BCUT2D eigenvalue weighted by Gasteiger charge is -2.38. The molecule has 156 valence electrons. The average molecular weight is 411 g/mol. The first kappa shape index (κ1) is 19.4. The van der Waals surface area contributed by atoms with Crippen LogP contribution in [-0.2, 0) is 0 Å². The highest BCUT2D eigenvalue weighted by Crippen LogP contribution is 2.50. The van der Waals surface area contributed by atoms with Crippen LogP contribution in [-0.4, -0.2) is 11.0 Å². The molecule has 0 spiro atoms. The van der Waals surface area contributed by atoms with Crippen molar-refractivity contribution in [3.63, 3.8) is 0 Å². The van der Waals surface area contributed by atoms with Crippen molar-refractivity contribution in [2.24, 2.45) is 5.92 Å². The van der Waals surface area contributed by atoms with Gasteiger partial charge in [-0.05, 0) is 54.2 Å². The molecule has 2 aliphatic rings. The number of allylic oxidation sites excluding steroid dienone is 2. The summed E-state index contributed by atoms with van der Waals surface area (Å²) in [5.41, 5.74) is 4.95. The minimum absolute atomic E-state index is 0.0774. The zero-order valence-electron chi connectivity index (χ0n) is 17.5. The van der Waals surface area contributed by atoms with Gasteiger partial charge in [-0.1, -0.05) is 66.7 Å². The topological polar surface area (TPSA) is 61.4 Å². The number of aromatic hydroxyl groups is 1. The van der Waals surface area contributed by atoms with E-state index in [1.807, 2.05) is 61.5 Å². The standard InChI is InChI=1S/C27H26N2O2/c1-17(18-7-3-2-4-8-18)28-27(31)24-12-6-11-23-21-9-5-10-22(21)25(29-26(23)24)19-13-15-20(30)16-14-19/h2-9,11-17,21-22,25,29-30H,10H2,1H3,(H,28,31). The maximum absolute atomic E-state index is 13.3. The molecule has 0 saturated carbocycles. The first-order valence-corrected chi connectivity index (χ1v) is 10.8. The van der Waals surface area contributed by atoms with Crippen LogP contribution >= 0.6 is 0 Å². The molecular weight excluding hydrogens is 384 g/mol. The van der Waals surface area contributed by atoms with Crippen LogP contribution in [0.2, 0.25) is 0 Å². The highest BCUT2D eigenvalue weighted by Gasteiger charge is 2.39. The van der Waals surface area contributed by atoms with Crippen molar-refractivity contribution < 1.29 is 9.90 Å². The van der Waals surface area contributed by atoms with Gasteiger partial charge in [-0.2, -0.15) is 0 Å². The number of benzene rings is 3. The number of fused-ring (bicyclic) bond motifs is 3. The summed E-state index contributed by atoms with van der Waals surface area (Å²) in [5, 5.41) is 16.5. The Kier molecular flexibility index (Phi) is 4.99. The van der Waals surface area contributed by atoms with Crippen LogP contribution in [0.15, 0.2) is 84.9 Å². The number of para-hydroxylation sites is 1. The molecular formula is C27H26N2O2. The Morgan fingerprint density at radius 3 is 2.58 bits per heavy atom. The normalized spacial score (nSPS) is 22.2. The number of rotatable bonds is 4. The molecule has 1 aliphatic heterocycles. The molecule has 0 saturated heterocycles. The number of hydrogen-bond donors (Lipinski definition) is 3. The van der Waals surface area contributed by atoms with Crippen molar-refractivity contribution >= 4 is 11.6 Å². The van der Waals surface area contributed by atoms with Crippen molar-refractivity contribution in [2.75, 3.05) is 5.32 Å². The molecule has 4 atom stereocenters. The van der Waals surface area contributed by atoms with Gasteiger partial charge in [0.15, 0.2) is 0 Å². The second-order valence-electron chi connectivity index (χ2n) is 8.44. The van der Waals surface area contributed by atoms with Crippen LogP contribution in [0.4, 0.5) is 5.69 Å². The van der Waals surface area contributed by atoms with E-state index in [0.29, 0.717) is 11.5 Å². The van der Waals surface area contributed by atoms with Gasteiger partial charge in [-0.25, -0.2) is 0 Å². The lowest BCUT2D eigenvalue weighted by molar-refractivity contribution is 0.0940. The molecule has 3 N–H and O–H groups in total. The molecule has 4 unspecified atom stereocenters. The summed E-state index contributed by atoms with van der Waals surface area (Å²) in [5.74, 6) is 0.842. The van der Waals surface area contributed by atoms with Crippen LogP contribution in [0, 0.1) is 5.92 Å². The van der Waals surface area contributed by atoms with Crippen LogP contribution in [0.1, 0.15) is 58.4 Å². The minimum Gasteiger partial charge on any atom is -0.508 e. The fourth-order valence-corrected chi connectivity index (χ4v) is 4.92. The SMILES string of the molecule is CC(NC(=O)c1cccc2c1NC(c1ccc(O)cc1)C1CC=CC21)c1ccccc1. The van der Waals surface area contributed by atoms with Crippen molar-refractivity contribution in [2.45, 2.75) is 31.3 Å². The van der Waals surface area contributed by atoms with Crippen molar-refractivity contribution in [3.05, 3.63) is 107 Å². The van der Waals surface area contributed by atoms with E-state index in [2.05, 4.69) is 28.9 Å². The van der Waals surface area contributed by atoms with Crippen molar-refractivity contribution in [1.82, 2.24) is 5.32 Å². The molecule has 5 rings (SSSR count). The number of phenolic OH excluding ortho intramolecular Hbond substituents is 1. The highest BCUT2D eigenvalue weighted by molar-refractivity contribution is 6.01. The van der Waals surface area contributed by atoms with E-state index in [4.69, 9.17) is 0 Å².